The summed E-state index contributed by atoms with van der Waals surface area (Å²) in [5.41, 5.74) is 5.67. The van der Waals surface area contributed by atoms with Gasteiger partial charge in [-0.1, -0.05) is 0 Å². The summed E-state index contributed by atoms with van der Waals surface area (Å²) in [6, 6.07) is -0.526. The maximum absolute atomic E-state index is 11.2. The molecule has 0 amide bonds. The van der Waals surface area contributed by atoms with Gasteiger partial charge in [0.25, 0.3) is 0 Å². The summed E-state index contributed by atoms with van der Waals surface area (Å²) >= 11 is 1.68. The van der Waals surface area contributed by atoms with Crippen LogP contribution in [0.2, 0.25) is 0 Å². The van der Waals surface area contributed by atoms with Crippen LogP contribution in [0.4, 0.5) is 0 Å². The number of hydrogen-bond acceptors (Lipinski definition) is 6. The smallest absolute Gasteiger partial charge is 0.322 e. The Morgan fingerprint density at radius 3 is 3.06 bits per heavy atom. The van der Waals surface area contributed by atoms with Crippen molar-refractivity contribution in [1.82, 2.24) is 14.8 Å². The molecule has 1 unspecified atom stereocenters. The van der Waals surface area contributed by atoms with E-state index in [-0.39, 0.29) is 5.97 Å². The first-order valence-electron chi connectivity index (χ1n) is 5.48. The van der Waals surface area contributed by atoms with E-state index in [0.29, 0.717) is 13.0 Å². The molecule has 0 fully saturated rings. The number of nitrogens with zero attached hydrogens (tertiary/aromatic N) is 3. The zero-order valence-electron chi connectivity index (χ0n) is 10.1. The average molecular weight is 258 g/mol. The maximum Gasteiger partial charge on any atom is 0.322 e. The van der Waals surface area contributed by atoms with E-state index < -0.39 is 6.04 Å². The van der Waals surface area contributed by atoms with Crippen LogP contribution >= 0.6 is 11.8 Å². The van der Waals surface area contributed by atoms with Crippen LogP contribution in [0.25, 0.3) is 0 Å². The lowest BCUT2D eigenvalue weighted by Crippen LogP contribution is -2.32. The molecule has 0 spiro atoms. The lowest BCUT2D eigenvalue weighted by molar-refractivity contribution is -0.144. The molecule has 1 aromatic rings. The largest absolute Gasteiger partial charge is 0.465 e. The summed E-state index contributed by atoms with van der Waals surface area (Å²) in [4.78, 5) is 11.2. The van der Waals surface area contributed by atoms with Crippen molar-refractivity contribution >= 4 is 17.7 Å². The topological polar surface area (TPSA) is 83.0 Å². The molecule has 0 saturated heterocycles. The van der Waals surface area contributed by atoms with Gasteiger partial charge in [-0.2, -0.15) is 11.8 Å². The highest BCUT2D eigenvalue weighted by atomic mass is 32.2. The molecule has 0 aromatic carbocycles. The predicted molar refractivity (Wildman–Crippen MR) is 66.4 cm³/mol. The highest BCUT2D eigenvalue weighted by Crippen LogP contribution is 2.11. The van der Waals surface area contributed by atoms with E-state index in [4.69, 9.17) is 10.5 Å². The average Bonchev–Trinajstić information content (AvgIpc) is 2.70. The number of carbonyl (C=O) groups excluding carboxylic acids is 1. The molecule has 7 heteroatoms. The van der Waals surface area contributed by atoms with Gasteiger partial charge in [0.15, 0.2) is 0 Å². The lowest BCUT2D eigenvalue weighted by Gasteiger charge is -2.09. The van der Waals surface area contributed by atoms with Crippen molar-refractivity contribution in [1.29, 1.82) is 0 Å². The Kier molecular flexibility index (Phi) is 5.99. The van der Waals surface area contributed by atoms with Gasteiger partial charge in [0.1, 0.15) is 18.2 Å². The van der Waals surface area contributed by atoms with Gasteiger partial charge < -0.3 is 15.0 Å². The normalized spacial score (nSPS) is 12.4. The van der Waals surface area contributed by atoms with Crippen LogP contribution in [-0.2, 0) is 22.3 Å². The number of ether oxygens (including phenoxy) is 1. The fraction of sp³-hybridized carbons (Fsp3) is 0.700. The van der Waals surface area contributed by atoms with Crippen molar-refractivity contribution in [3.63, 3.8) is 0 Å². The van der Waals surface area contributed by atoms with E-state index in [9.17, 15) is 4.79 Å². The minimum Gasteiger partial charge on any atom is -0.465 e. The van der Waals surface area contributed by atoms with Gasteiger partial charge in [-0.25, -0.2) is 0 Å². The molecule has 1 atom stereocenters. The van der Waals surface area contributed by atoms with E-state index in [1.807, 2.05) is 11.6 Å². The molecular weight excluding hydrogens is 240 g/mol. The highest BCUT2D eigenvalue weighted by Gasteiger charge is 2.13. The molecule has 17 heavy (non-hydrogen) atoms. The summed E-state index contributed by atoms with van der Waals surface area (Å²) in [6.07, 6.45) is 2.28. The van der Waals surface area contributed by atoms with Crippen LogP contribution in [-0.4, -0.2) is 39.1 Å². The Morgan fingerprint density at radius 1 is 1.71 bits per heavy atom. The molecule has 1 heterocycles. The quantitative estimate of drug-likeness (QED) is 0.560. The van der Waals surface area contributed by atoms with Gasteiger partial charge in [0.2, 0.25) is 0 Å². The minimum absolute atomic E-state index is 0.327. The third kappa shape index (κ3) is 4.74. The molecule has 0 saturated carbocycles. The fourth-order valence-corrected chi connectivity index (χ4v) is 2.19. The van der Waals surface area contributed by atoms with E-state index in [2.05, 4.69) is 10.2 Å². The Balaban J connectivity index is 2.16. The van der Waals surface area contributed by atoms with Gasteiger partial charge in [0, 0.05) is 7.05 Å². The number of rotatable bonds is 7. The van der Waals surface area contributed by atoms with E-state index in [0.717, 1.165) is 17.3 Å². The van der Waals surface area contributed by atoms with Gasteiger partial charge in [-0.3, -0.25) is 4.79 Å². The van der Waals surface area contributed by atoms with E-state index in [1.54, 1.807) is 25.0 Å². The van der Waals surface area contributed by atoms with Gasteiger partial charge in [-0.05, 0) is 19.1 Å². The molecule has 0 radical (unpaired) electrons. The first kappa shape index (κ1) is 14.0. The molecule has 0 aliphatic carbocycles. The van der Waals surface area contributed by atoms with Gasteiger partial charge >= 0.3 is 5.97 Å². The highest BCUT2D eigenvalue weighted by molar-refractivity contribution is 7.98. The molecule has 0 aliphatic heterocycles. The second-order valence-corrected chi connectivity index (χ2v) is 4.66. The Bertz CT molecular complexity index is 356. The summed E-state index contributed by atoms with van der Waals surface area (Å²) < 4.78 is 6.70. The summed E-state index contributed by atoms with van der Waals surface area (Å²) in [5, 5.41) is 7.76. The van der Waals surface area contributed by atoms with E-state index >= 15 is 0 Å². The van der Waals surface area contributed by atoms with Crippen molar-refractivity contribution in [2.24, 2.45) is 12.8 Å². The third-order valence-corrected chi connectivity index (χ3v) is 3.19. The van der Waals surface area contributed by atoms with Crippen LogP contribution in [0.1, 0.15) is 19.2 Å². The predicted octanol–water partition coefficient (Wildman–Crippen LogP) is 0.329. The third-order valence-electron chi connectivity index (χ3n) is 2.20. The van der Waals surface area contributed by atoms with Crippen LogP contribution in [0.15, 0.2) is 6.33 Å². The molecule has 0 bridgehead atoms. The molecule has 1 rings (SSSR count). The second kappa shape index (κ2) is 7.29. The maximum atomic E-state index is 11.2. The number of aryl methyl sites for hydroxylation is 1. The second-order valence-electron chi connectivity index (χ2n) is 3.56. The van der Waals surface area contributed by atoms with Crippen LogP contribution in [0.5, 0.6) is 0 Å². The lowest BCUT2D eigenvalue weighted by atomic mass is 10.2. The SMILES string of the molecule is CCOC(=O)C(N)CCSCc1nncn1C. The first-order chi connectivity index (χ1) is 8.15. The molecule has 1 aromatic heterocycles. The number of hydrogen-bond donors (Lipinski definition) is 1. The van der Waals surface area contributed by atoms with Gasteiger partial charge in [0.05, 0.1) is 12.4 Å². The molecule has 96 valence electrons. The number of nitrogens with two attached hydrogens (primary N) is 1. The number of aromatic nitrogens is 3. The van der Waals surface area contributed by atoms with Gasteiger partial charge in [-0.15, -0.1) is 10.2 Å². The minimum atomic E-state index is -0.526. The Hall–Kier alpha value is -1.08. The molecular formula is C10H18N4O2S. The van der Waals surface area contributed by atoms with Crippen LogP contribution < -0.4 is 5.73 Å². The Morgan fingerprint density at radius 2 is 2.47 bits per heavy atom. The first-order valence-corrected chi connectivity index (χ1v) is 6.63. The number of carbonyl (C=O) groups is 1. The van der Waals surface area contributed by atoms with Crippen molar-refractivity contribution in [2.45, 2.75) is 25.1 Å². The molecule has 6 nitrogen and oxygen atoms in total. The van der Waals surface area contributed by atoms with Crippen molar-refractivity contribution in [2.75, 3.05) is 12.4 Å². The zero-order valence-corrected chi connectivity index (χ0v) is 10.9. The standard InChI is InChI=1S/C10H18N4O2S/c1-3-16-10(15)8(11)4-5-17-6-9-13-12-7-14(9)2/h7-8H,3-6,11H2,1-2H3. The van der Waals surface area contributed by atoms with Crippen LogP contribution in [0.3, 0.4) is 0 Å². The van der Waals surface area contributed by atoms with E-state index in [1.165, 1.54) is 0 Å². The monoisotopic (exact) mass is 258 g/mol. The Labute approximate surface area is 105 Å². The number of esters is 1. The van der Waals surface area contributed by atoms with Crippen molar-refractivity contribution in [3.8, 4) is 0 Å². The van der Waals surface area contributed by atoms with Crippen molar-refractivity contribution in [3.05, 3.63) is 12.2 Å². The summed E-state index contributed by atoms with van der Waals surface area (Å²) in [6.45, 7) is 2.14. The molecule has 0 aliphatic rings. The van der Waals surface area contributed by atoms with Crippen LogP contribution in [0, 0.1) is 0 Å². The summed E-state index contributed by atoms with van der Waals surface area (Å²) in [7, 11) is 1.90. The zero-order chi connectivity index (χ0) is 12.7. The van der Waals surface area contributed by atoms with Crippen molar-refractivity contribution < 1.29 is 9.53 Å². The fourth-order valence-electron chi connectivity index (χ4n) is 1.18. The molecule has 2 N–H and O–H groups in total. The summed E-state index contributed by atoms with van der Waals surface area (Å²) in [5.74, 6) is 2.16. The number of thioether (sulfide) groups is 1.